The molecule has 1 aromatic carbocycles. The molecular weight excluding hydrogens is 230 g/mol. The molecular formula is C7H5ClNO4S-. The molecule has 2 N–H and O–H groups in total. The van der Waals surface area contributed by atoms with E-state index in [2.05, 4.69) is 0 Å². The second-order valence-electron chi connectivity index (χ2n) is 2.34. The molecule has 1 aromatic rings. The maximum Gasteiger partial charge on any atom is 0.337 e. The lowest BCUT2D eigenvalue weighted by Crippen LogP contribution is -2.04. The first-order valence-electron chi connectivity index (χ1n) is 3.39. The van der Waals surface area contributed by atoms with E-state index in [1.54, 1.807) is 0 Å². The molecule has 0 bridgehead atoms. The summed E-state index contributed by atoms with van der Waals surface area (Å²) >= 11 is 3.08. The SMILES string of the molecule is O=C(O)c1cc(NS(=O)[O-])ccc1Cl. The number of aromatic carboxylic acids is 1. The van der Waals surface area contributed by atoms with E-state index in [1.807, 2.05) is 4.72 Å². The van der Waals surface area contributed by atoms with Gasteiger partial charge in [-0.25, -0.2) is 4.79 Å². The number of carbonyl (C=O) groups is 1. The lowest BCUT2D eigenvalue weighted by Gasteiger charge is -2.09. The molecule has 0 amide bonds. The third-order valence-electron chi connectivity index (χ3n) is 1.40. The molecule has 5 nitrogen and oxygen atoms in total. The van der Waals surface area contributed by atoms with Crippen LogP contribution in [-0.2, 0) is 11.3 Å². The number of hydrogen-bond donors (Lipinski definition) is 2. The minimum absolute atomic E-state index is 0.0553. The van der Waals surface area contributed by atoms with Crippen LogP contribution in [0.25, 0.3) is 0 Å². The first-order chi connectivity index (χ1) is 6.50. The normalized spacial score (nSPS) is 12.1. The highest BCUT2D eigenvalue weighted by atomic mass is 35.5. The zero-order valence-electron chi connectivity index (χ0n) is 6.69. The summed E-state index contributed by atoms with van der Waals surface area (Å²) in [5.41, 5.74) is 0.00208. The highest BCUT2D eigenvalue weighted by Crippen LogP contribution is 2.20. The van der Waals surface area contributed by atoms with Gasteiger partial charge in [-0.3, -0.25) is 4.21 Å². The first-order valence-corrected chi connectivity index (χ1v) is 4.85. The molecule has 0 aliphatic carbocycles. The number of anilines is 1. The molecule has 76 valence electrons. The maximum absolute atomic E-state index is 10.6. The lowest BCUT2D eigenvalue weighted by molar-refractivity contribution is 0.0697. The van der Waals surface area contributed by atoms with Gasteiger partial charge in [-0.2, -0.15) is 0 Å². The van der Waals surface area contributed by atoms with E-state index in [9.17, 15) is 13.6 Å². The van der Waals surface area contributed by atoms with Crippen LogP contribution in [0.3, 0.4) is 0 Å². The molecule has 1 unspecified atom stereocenters. The Morgan fingerprint density at radius 3 is 2.71 bits per heavy atom. The summed E-state index contributed by atoms with van der Waals surface area (Å²) in [7, 11) is 0. The van der Waals surface area contributed by atoms with Crippen molar-refractivity contribution in [1.29, 1.82) is 0 Å². The van der Waals surface area contributed by atoms with Gasteiger partial charge in [0.15, 0.2) is 0 Å². The molecule has 0 aromatic heterocycles. The Labute approximate surface area is 87.1 Å². The molecule has 0 radical (unpaired) electrons. The summed E-state index contributed by atoms with van der Waals surface area (Å²) in [6, 6.07) is 3.81. The fourth-order valence-corrected chi connectivity index (χ4v) is 1.37. The summed E-state index contributed by atoms with van der Waals surface area (Å²) in [4.78, 5) is 10.6. The van der Waals surface area contributed by atoms with Gasteiger partial charge >= 0.3 is 5.97 Å². The van der Waals surface area contributed by atoms with Gasteiger partial charge in [-0.15, -0.1) is 0 Å². The van der Waals surface area contributed by atoms with Crippen molar-refractivity contribution in [3.05, 3.63) is 28.8 Å². The Kier molecular flexibility index (Phi) is 3.45. The van der Waals surface area contributed by atoms with Gasteiger partial charge in [-0.1, -0.05) is 11.6 Å². The molecule has 1 rings (SSSR count). The van der Waals surface area contributed by atoms with Crippen molar-refractivity contribution in [2.75, 3.05) is 4.72 Å². The third kappa shape index (κ3) is 2.69. The van der Waals surface area contributed by atoms with Crippen molar-refractivity contribution in [3.63, 3.8) is 0 Å². The van der Waals surface area contributed by atoms with Gasteiger partial charge in [0.25, 0.3) is 0 Å². The monoisotopic (exact) mass is 234 g/mol. The molecule has 7 heteroatoms. The number of carboxylic acids is 1. The number of nitrogens with one attached hydrogen (secondary N) is 1. The minimum Gasteiger partial charge on any atom is -0.755 e. The Morgan fingerprint density at radius 2 is 2.21 bits per heavy atom. The Hall–Kier alpha value is -1.11. The summed E-state index contributed by atoms with van der Waals surface area (Å²) < 4.78 is 22.5. The van der Waals surface area contributed by atoms with Crippen molar-refractivity contribution < 1.29 is 18.7 Å². The number of benzene rings is 1. The van der Waals surface area contributed by atoms with Crippen LogP contribution >= 0.6 is 11.6 Å². The molecule has 0 spiro atoms. The average molecular weight is 235 g/mol. The van der Waals surface area contributed by atoms with Gasteiger partial charge in [0.2, 0.25) is 0 Å². The standard InChI is InChI=1S/C7H6ClNO4S/c8-6-2-1-4(9-14(12)13)3-5(6)7(10)11/h1-3,9H,(H,10,11)(H,12,13)/p-1. The Morgan fingerprint density at radius 1 is 1.57 bits per heavy atom. The van der Waals surface area contributed by atoms with Crippen LogP contribution in [0.5, 0.6) is 0 Å². The van der Waals surface area contributed by atoms with Crippen LogP contribution in [0.15, 0.2) is 18.2 Å². The summed E-state index contributed by atoms with van der Waals surface area (Å²) in [6.07, 6.45) is 0. The second-order valence-corrected chi connectivity index (χ2v) is 3.42. The Balaban J connectivity index is 3.06. The van der Waals surface area contributed by atoms with Gasteiger partial charge in [0.1, 0.15) is 0 Å². The number of hydrogen-bond acceptors (Lipinski definition) is 3. The topological polar surface area (TPSA) is 89.5 Å². The van der Waals surface area contributed by atoms with Gasteiger partial charge in [0.05, 0.1) is 10.6 Å². The zero-order chi connectivity index (χ0) is 10.7. The van der Waals surface area contributed by atoms with E-state index in [-0.39, 0.29) is 16.3 Å². The van der Waals surface area contributed by atoms with Crippen molar-refractivity contribution >= 4 is 34.5 Å². The zero-order valence-corrected chi connectivity index (χ0v) is 8.26. The molecule has 14 heavy (non-hydrogen) atoms. The summed E-state index contributed by atoms with van der Waals surface area (Å²) in [6.45, 7) is 0. The molecule has 0 aliphatic heterocycles. The summed E-state index contributed by atoms with van der Waals surface area (Å²) in [5.74, 6) is -1.21. The predicted octanol–water partition coefficient (Wildman–Crippen LogP) is 1.24. The smallest absolute Gasteiger partial charge is 0.337 e. The van der Waals surface area contributed by atoms with Crippen molar-refractivity contribution in [2.24, 2.45) is 0 Å². The lowest BCUT2D eigenvalue weighted by atomic mass is 10.2. The molecule has 0 saturated carbocycles. The summed E-state index contributed by atoms with van der Waals surface area (Å²) in [5, 5.41) is 8.71. The van der Waals surface area contributed by atoms with Crippen LogP contribution in [0, 0.1) is 0 Å². The molecule has 1 atom stereocenters. The van der Waals surface area contributed by atoms with Crippen LogP contribution in [0.2, 0.25) is 5.02 Å². The molecule has 0 heterocycles. The van der Waals surface area contributed by atoms with Crippen molar-refractivity contribution in [2.45, 2.75) is 0 Å². The van der Waals surface area contributed by atoms with E-state index in [4.69, 9.17) is 16.7 Å². The van der Waals surface area contributed by atoms with Gasteiger partial charge < -0.3 is 14.4 Å². The average Bonchev–Trinajstić information content (AvgIpc) is 2.07. The van der Waals surface area contributed by atoms with E-state index < -0.39 is 17.2 Å². The highest BCUT2D eigenvalue weighted by Gasteiger charge is 2.08. The van der Waals surface area contributed by atoms with Crippen molar-refractivity contribution in [1.82, 2.24) is 0 Å². The fourth-order valence-electron chi connectivity index (χ4n) is 0.849. The first kappa shape index (κ1) is 11.0. The second kappa shape index (κ2) is 4.41. The Bertz CT molecular complexity index is 395. The van der Waals surface area contributed by atoms with Gasteiger partial charge in [0, 0.05) is 17.0 Å². The van der Waals surface area contributed by atoms with Gasteiger partial charge in [-0.05, 0) is 18.2 Å². The van der Waals surface area contributed by atoms with E-state index in [1.165, 1.54) is 12.1 Å². The maximum atomic E-state index is 10.6. The predicted molar refractivity (Wildman–Crippen MR) is 51.0 cm³/mol. The minimum atomic E-state index is -2.48. The van der Waals surface area contributed by atoms with Crippen LogP contribution < -0.4 is 4.72 Å². The van der Waals surface area contributed by atoms with E-state index >= 15 is 0 Å². The number of rotatable bonds is 3. The quantitative estimate of drug-likeness (QED) is 0.770. The van der Waals surface area contributed by atoms with Crippen LogP contribution in [0.4, 0.5) is 5.69 Å². The molecule has 0 aliphatic rings. The van der Waals surface area contributed by atoms with Crippen LogP contribution in [-0.4, -0.2) is 19.8 Å². The fraction of sp³-hybridized carbons (Fsp3) is 0. The highest BCUT2D eigenvalue weighted by molar-refractivity contribution is 7.80. The van der Waals surface area contributed by atoms with E-state index in [0.29, 0.717) is 0 Å². The van der Waals surface area contributed by atoms with E-state index in [0.717, 1.165) is 6.07 Å². The largest absolute Gasteiger partial charge is 0.755 e. The number of halogens is 1. The van der Waals surface area contributed by atoms with Crippen molar-refractivity contribution in [3.8, 4) is 0 Å². The molecule has 0 saturated heterocycles. The third-order valence-corrected chi connectivity index (χ3v) is 2.13. The van der Waals surface area contributed by atoms with Crippen LogP contribution in [0.1, 0.15) is 10.4 Å². The molecule has 0 fully saturated rings. The number of carboxylic acid groups (broad SMARTS) is 1.